The molecule has 0 radical (unpaired) electrons. The molecule has 0 spiro atoms. The smallest absolute Gasteiger partial charge is 0.235 e. The summed E-state index contributed by atoms with van der Waals surface area (Å²) >= 11 is 5.04. The van der Waals surface area contributed by atoms with E-state index in [2.05, 4.69) is 0 Å². The third-order valence-electron chi connectivity index (χ3n) is 3.61. The number of hydrogen-bond donors (Lipinski definition) is 1. The minimum absolute atomic E-state index is 0.0249. The highest BCUT2D eigenvalue weighted by Crippen LogP contribution is 2.25. The Morgan fingerprint density at radius 2 is 1.89 bits per heavy atom. The largest absolute Gasteiger partial charge is 0.392 e. The van der Waals surface area contributed by atoms with E-state index < -0.39 is 5.41 Å². The molecule has 4 heteroatoms. The second kappa shape index (κ2) is 6.15. The first-order valence-electron chi connectivity index (χ1n) is 6.42. The van der Waals surface area contributed by atoms with E-state index in [9.17, 15) is 4.79 Å². The fourth-order valence-electron chi connectivity index (χ4n) is 1.89. The standard InChI is InChI=1S/C15H22N2OS/c1-5-15(3,13(16)19)14(18)17(4)10-12-8-6-11(2)7-9-12/h6-9H,5,10H2,1-4H3,(H2,16,19). The molecule has 104 valence electrons. The lowest BCUT2D eigenvalue weighted by Crippen LogP contribution is -2.47. The van der Waals surface area contributed by atoms with Crippen molar-refractivity contribution >= 4 is 23.1 Å². The van der Waals surface area contributed by atoms with Gasteiger partial charge in [0.25, 0.3) is 0 Å². The fraction of sp³-hybridized carbons (Fsp3) is 0.467. The molecule has 3 nitrogen and oxygen atoms in total. The van der Waals surface area contributed by atoms with E-state index in [4.69, 9.17) is 18.0 Å². The maximum absolute atomic E-state index is 12.5. The molecule has 1 atom stereocenters. The van der Waals surface area contributed by atoms with Crippen molar-refractivity contribution in [2.24, 2.45) is 11.1 Å². The Labute approximate surface area is 120 Å². The van der Waals surface area contributed by atoms with Crippen LogP contribution in [-0.2, 0) is 11.3 Å². The van der Waals surface area contributed by atoms with Gasteiger partial charge in [-0.05, 0) is 25.8 Å². The van der Waals surface area contributed by atoms with E-state index in [0.29, 0.717) is 13.0 Å². The van der Waals surface area contributed by atoms with Crippen LogP contribution in [0.1, 0.15) is 31.4 Å². The maximum atomic E-state index is 12.5. The molecule has 0 aliphatic rings. The number of nitrogens with zero attached hydrogens (tertiary/aromatic N) is 1. The first-order chi connectivity index (χ1) is 8.81. The Bertz CT molecular complexity index is 470. The van der Waals surface area contributed by atoms with Gasteiger partial charge in [-0.25, -0.2) is 0 Å². The average Bonchev–Trinajstić information content (AvgIpc) is 2.39. The summed E-state index contributed by atoms with van der Waals surface area (Å²) in [6, 6.07) is 8.15. The van der Waals surface area contributed by atoms with Crippen LogP contribution in [0, 0.1) is 12.3 Å². The third kappa shape index (κ3) is 3.53. The Morgan fingerprint density at radius 3 is 2.32 bits per heavy atom. The van der Waals surface area contributed by atoms with E-state index in [1.165, 1.54) is 5.56 Å². The number of benzene rings is 1. The van der Waals surface area contributed by atoms with Crippen molar-refractivity contribution in [3.8, 4) is 0 Å². The van der Waals surface area contributed by atoms with Crippen LogP contribution in [0.25, 0.3) is 0 Å². The summed E-state index contributed by atoms with van der Waals surface area (Å²) in [7, 11) is 1.79. The Kier molecular flexibility index (Phi) is 5.06. The van der Waals surface area contributed by atoms with E-state index in [-0.39, 0.29) is 10.9 Å². The highest BCUT2D eigenvalue weighted by molar-refractivity contribution is 7.80. The van der Waals surface area contributed by atoms with Crippen LogP contribution in [-0.4, -0.2) is 22.8 Å². The molecule has 0 saturated heterocycles. The highest BCUT2D eigenvalue weighted by Gasteiger charge is 2.36. The predicted molar refractivity (Wildman–Crippen MR) is 82.8 cm³/mol. The first-order valence-corrected chi connectivity index (χ1v) is 6.83. The van der Waals surface area contributed by atoms with Crippen molar-refractivity contribution in [1.82, 2.24) is 4.90 Å². The van der Waals surface area contributed by atoms with Gasteiger partial charge in [-0.3, -0.25) is 4.79 Å². The van der Waals surface area contributed by atoms with Crippen LogP contribution in [0.5, 0.6) is 0 Å². The van der Waals surface area contributed by atoms with Gasteiger partial charge in [-0.1, -0.05) is 49.0 Å². The predicted octanol–water partition coefficient (Wildman–Crippen LogP) is 2.66. The quantitative estimate of drug-likeness (QED) is 0.842. The molecule has 0 aromatic heterocycles. The van der Waals surface area contributed by atoms with Crippen LogP contribution in [0.15, 0.2) is 24.3 Å². The molecule has 0 fully saturated rings. The highest BCUT2D eigenvalue weighted by atomic mass is 32.1. The van der Waals surface area contributed by atoms with Crippen LogP contribution in [0.3, 0.4) is 0 Å². The number of nitrogens with two attached hydrogens (primary N) is 1. The zero-order valence-corrected chi connectivity index (χ0v) is 12.9. The van der Waals surface area contributed by atoms with Gasteiger partial charge in [-0.15, -0.1) is 0 Å². The lowest BCUT2D eigenvalue weighted by Gasteiger charge is -2.31. The zero-order valence-electron chi connectivity index (χ0n) is 12.1. The number of rotatable bonds is 5. The summed E-state index contributed by atoms with van der Waals surface area (Å²) in [5.74, 6) is -0.0249. The van der Waals surface area contributed by atoms with Gasteiger partial charge < -0.3 is 10.6 Å². The number of hydrogen-bond acceptors (Lipinski definition) is 2. The van der Waals surface area contributed by atoms with Crippen LogP contribution >= 0.6 is 12.2 Å². The molecule has 0 aliphatic heterocycles. The average molecular weight is 278 g/mol. The first kappa shape index (κ1) is 15.6. The van der Waals surface area contributed by atoms with Crippen LogP contribution in [0.2, 0.25) is 0 Å². The Balaban J connectivity index is 2.83. The molecule has 0 aliphatic carbocycles. The molecular weight excluding hydrogens is 256 g/mol. The van der Waals surface area contributed by atoms with E-state index in [0.717, 1.165) is 5.56 Å². The van der Waals surface area contributed by atoms with Gasteiger partial charge in [0.05, 0.1) is 10.4 Å². The van der Waals surface area contributed by atoms with Gasteiger partial charge >= 0.3 is 0 Å². The molecule has 1 aromatic rings. The second-order valence-electron chi connectivity index (χ2n) is 5.20. The van der Waals surface area contributed by atoms with Crippen molar-refractivity contribution in [2.75, 3.05) is 7.05 Å². The summed E-state index contributed by atoms with van der Waals surface area (Å²) < 4.78 is 0. The van der Waals surface area contributed by atoms with E-state index >= 15 is 0 Å². The summed E-state index contributed by atoms with van der Waals surface area (Å²) in [6.07, 6.45) is 0.611. The van der Waals surface area contributed by atoms with Gasteiger partial charge in [0.15, 0.2) is 0 Å². The minimum atomic E-state index is -0.755. The van der Waals surface area contributed by atoms with Crippen LogP contribution in [0.4, 0.5) is 0 Å². The SMILES string of the molecule is CCC(C)(C(=O)N(C)Cc1ccc(C)cc1)C(N)=S. The molecule has 1 aromatic carbocycles. The molecule has 1 unspecified atom stereocenters. The van der Waals surface area contributed by atoms with Crippen molar-refractivity contribution in [3.63, 3.8) is 0 Å². The summed E-state index contributed by atoms with van der Waals surface area (Å²) in [5.41, 5.74) is 7.27. The number of amides is 1. The summed E-state index contributed by atoms with van der Waals surface area (Å²) in [4.78, 5) is 14.4. The van der Waals surface area contributed by atoms with Gasteiger partial charge in [-0.2, -0.15) is 0 Å². The van der Waals surface area contributed by atoms with Gasteiger partial charge in [0.1, 0.15) is 0 Å². The molecule has 0 heterocycles. The normalized spacial score (nSPS) is 13.7. The monoisotopic (exact) mass is 278 g/mol. The van der Waals surface area contributed by atoms with Crippen molar-refractivity contribution < 1.29 is 4.79 Å². The second-order valence-corrected chi connectivity index (χ2v) is 5.64. The van der Waals surface area contributed by atoms with Gasteiger partial charge in [0, 0.05) is 13.6 Å². The van der Waals surface area contributed by atoms with Gasteiger partial charge in [0.2, 0.25) is 5.91 Å². The molecule has 0 bridgehead atoms. The lowest BCUT2D eigenvalue weighted by molar-refractivity contribution is -0.136. The van der Waals surface area contributed by atoms with Crippen LogP contribution < -0.4 is 5.73 Å². The molecule has 1 amide bonds. The Morgan fingerprint density at radius 1 is 1.37 bits per heavy atom. The fourth-order valence-corrected chi connectivity index (χ4v) is 2.12. The number of aryl methyl sites for hydroxylation is 1. The van der Waals surface area contributed by atoms with Crippen molar-refractivity contribution in [3.05, 3.63) is 35.4 Å². The topological polar surface area (TPSA) is 46.3 Å². The summed E-state index contributed by atoms with van der Waals surface area (Å²) in [6.45, 7) is 6.34. The number of carbonyl (C=O) groups is 1. The van der Waals surface area contributed by atoms with Crippen molar-refractivity contribution in [1.29, 1.82) is 0 Å². The number of thiocarbonyl (C=S) groups is 1. The third-order valence-corrected chi connectivity index (χ3v) is 4.06. The molecular formula is C15H22N2OS. The number of carbonyl (C=O) groups excluding carboxylic acids is 1. The van der Waals surface area contributed by atoms with E-state index in [1.807, 2.05) is 45.0 Å². The zero-order chi connectivity index (χ0) is 14.6. The van der Waals surface area contributed by atoms with E-state index in [1.54, 1.807) is 11.9 Å². The molecule has 19 heavy (non-hydrogen) atoms. The lowest BCUT2D eigenvalue weighted by atomic mass is 9.86. The molecule has 0 saturated carbocycles. The minimum Gasteiger partial charge on any atom is -0.392 e. The molecule has 2 N–H and O–H groups in total. The Hall–Kier alpha value is -1.42. The maximum Gasteiger partial charge on any atom is 0.235 e. The molecule has 1 rings (SSSR count). The van der Waals surface area contributed by atoms with Crippen molar-refractivity contribution in [2.45, 2.75) is 33.7 Å². The summed E-state index contributed by atoms with van der Waals surface area (Å²) in [5, 5.41) is 0.